The van der Waals surface area contributed by atoms with Gasteiger partial charge >= 0.3 is 5.97 Å². The Bertz CT molecular complexity index is 904. The highest BCUT2D eigenvalue weighted by Crippen LogP contribution is 2.76. The van der Waals surface area contributed by atoms with Gasteiger partial charge in [0.15, 0.2) is 0 Å². The van der Waals surface area contributed by atoms with Crippen LogP contribution in [0.1, 0.15) is 107 Å². The van der Waals surface area contributed by atoms with E-state index in [1.807, 2.05) is 0 Å². The fourth-order valence-electron chi connectivity index (χ4n) is 11.3. The van der Waals surface area contributed by atoms with Gasteiger partial charge in [0, 0.05) is 0 Å². The molecule has 5 aliphatic rings. The average molecular weight is 471 g/mol. The van der Waals surface area contributed by atoms with Gasteiger partial charge in [-0.05, 0) is 108 Å². The van der Waals surface area contributed by atoms with E-state index < -0.39 is 18.0 Å². The SMILES string of the molecule is C[C@H]1[C@H](C)CC[C@]2(C)CC[C@]3(C)C(=CC[C@@H]4[C@@]5(C)CC(C(=O)O)[C@H](O)C(C)(C)C5CC[C@]43C)[C@H]12. The molecule has 0 spiro atoms. The number of aliphatic hydroxyl groups is 1. The van der Waals surface area contributed by atoms with Crippen LogP contribution in [0.5, 0.6) is 0 Å². The molecule has 2 N–H and O–H groups in total. The zero-order valence-electron chi connectivity index (χ0n) is 23.1. The summed E-state index contributed by atoms with van der Waals surface area (Å²) in [5.41, 5.74) is 2.15. The lowest BCUT2D eigenvalue weighted by Gasteiger charge is -2.72. The van der Waals surface area contributed by atoms with Crippen LogP contribution >= 0.6 is 0 Å². The van der Waals surface area contributed by atoms with E-state index in [4.69, 9.17) is 0 Å². The van der Waals surface area contributed by atoms with Gasteiger partial charge in [0.2, 0.25) is 0 Å². The fraction of sp³-hybridized carbons (Fsp3) is 0.903. The van der Waals surface area contributed by atoms with Gasteiger partial charge in [-0.2, -0.15) is 0 Å². The second kappa shape index (κ2) is 7.36. The van der Waals surface area contributed by atoms with Crippen molar-refractivity contribution < 1.29 is 15.0 Å². The van der Waals surface area contributed by atoms with Crippen LogP contribution in [0.15, 0.2) is 11.6 Å². The predicted molar refractivity (Wildman–Crippen MR) is 137 cm³/mol. The van der Waals surface area contributed by atoms with Crippen molar-refractivity contribution in [2.45, 2.75) is 113 Å². The molecule has 0 saturated heterocycles. The lowest BCUT2D eigenvalue weighted by atomic mass is 9.33. The van der Waals surface area contributed by atoms with E-state index in [1.54, 1.807) is 5.57 Å². The van der Waals surface area contributed by atoms with Crippen molar-refractivity contribution in [2.75, 3.05) is 0 Å². The second-order valence-corrected chi connectivity index (χ2v) is 15.2. The van der Waals surface area contributed by atoms with Crippen molar-refractivity contribution in [1.82, 2.24) is 0 Å². The molecule has 0 heterocycles. The van der Waals surface area contributed by atoms with Crippen LogP contribution < -0.4 is 0 Å². The topological polar surface area (TPSA) is 57.5 Å². The highest BCUT2D eigenvalue weighted by Gasteiger charge is 2.69. The van der Waals surface area contributed by atoms with Crippen LogP contribution in [-0.4, -0.2) is 22.3 Å². The van der Waals surface area contributed by atoms with Crippen molar-refractivity contribution in [1.29, 1.82) is 0 Å². The maximum atomic E-state index is 12.3. The first-order chi connectivity index (χ1) is 15.6. The minimum absolute atomic E-state index is 0.0595. The first kappa shape index (κ1) is 24.8. The standard InChI is InChI=1S/C31H50O3/c1-18-11-13-28(5)15-16-30(7)21(24(28)19(18)2)9-10-23-29(6)17-20(26(33)34)25(32)27(3,4)22(29)12-14-31(23,30)8/h9,18-20,22-25,32H,10-17H2,1-8H3,(H,33,34)/t18-,19+,20?,22?,23-,24+,25+,28-,29+,30-,31-/m1/s1. The number of hydrogen-bond donors (Lipinski definition) is 2. The molecular formula is C31H50O3. The Labute approximate surface area is 208 Å². The third-order valence-electron chi connectivity index (χ3n) is 13.7. The predicted octanol–water partition coefficient (Wildman–Crippen LogP) is 7.34. The normalized spacial score (nSPS) is 56.3. The van der Waals surface area contributed by atoms with Crippen LogP contribution in [0.2, 0.25) is 0 Å². The molecular weight excluding hydrogens is 420 g/mol. The summed E-state index contributed by atoms with van der Waals surface area (Å²) in [5, 5.41) is 21.2. The summed E-state index contributed by atoms with van der Waals surface area (Å²) in [5.74, 6) is 1.57. The quantitative estimate of drug-likeness (QED) is 0.394. The van der Waals surface area contributed by atoms with Crippen LogP contribution in [0, 0.1) is 62.6 Å². The highest BCUT2D eigenvalue weighted by molar-refractivity contribution is 5.71. The fourth-order valence-corrected chi connectivity index (χ4v) is 11.3. The maximum absolute atomic E-state index is 12.3. The third-order valence-corrected chi connectivity index (χ3v) is 13.7. The molecule has 0 radical (unpaired) electrons. The van der Waals surface area contributed by atoms with Crippen LogP contribution in [0.25, 0.3) is 0 Å². The molecule has 0 bridgehead atoms. The van der Waals surface area contributed by atoms with Crippen molar-refractivity contribution in [3.8, 4) is 0 Å². The van der Waals surface area contributed by atoms with E-state index >= 15 is 0 Å². The molecule has 192 valence electrons. The highest BCUT2D eigenvalue weighted by atomic mass is 16.4. The maximum Gasteiger partial charge on any atom is 0.309 e. The Morgan fingerprint density at radius 2 is 1.62 bits per heavy atom. The number of aliphatic hydroxyl groups excluding tert-OH is 1. The van der Waals surface area contributed by atoms with Crippen molar-refractivity contribution in [3.63, 3.8) is 0 Å². The molecule has 3 nitrogen and oxygen atoms in total. The summed E-state index contributed by atoms with van der Waals surface area (Å²) in [7, 11) is 0. The minimum atomic E-state index is -0.816. The first-order valence-corrected chi connectivity index (χ1v) is 14.2. The molecule has 0 aromatic heterocycles. The van der Waals surface area contributed by atoms with Crippen LogP contribution in [-0.2, 0) is 4.79 Å². The monoisotopic (exact) mass is 470 g/mol. The summed E-state index contributed by atoms with van der Waals surface area (Å²) in [6, 6.07) is 0. The number of carboxylic acid groups (broad SMARTS) is 1. The number of allylic oxidation sites excluding steroid dienone is 2. The molecule has 3 heteroatoms. The van der Waals surface area contributed by atoms with Gasteiger partial charge in [-0.1, -0.05) is 67.0 Å². The largest absolute Gasteiger partial charge is 0.481 e. The molecule has 0 aromatic carbocycles. The number of aliphatic carboxylic acids is 1. The number of fused-ring (bicyclic) bond motifs is 7. The average Bonchev–Trinajstić information content (AvgIpc) is 2.74. The lowest BCUT2D eigenvalue weighted by Crippen LogP contribution is -2.66. The Kier molecular flexibility index (Phi) is 5.38. The summed E-state index contributed by atoms with van der Waals surface area (Å²) in [6.07, 6.45) is 11.2. The van der Waals surface area contributed by atoms with E-state index in [0.29, 0.717) is 29.6 Å². The Hall–Kier alpha value is -0.830. The zero-order valence-corrected chi connectivity index (χ0v) is 23.1. The second-order valence-electron chi connectivity index (χ2n) is 15.2. The number of carboxylic acids is 1. The van der Waals surface area contributed by atoms with Crippen LogP contribution in [0.3, 0.4) is 0 Å². The van der Waals surface area contributed by atoms with Gasteiger partial charge in [0.1, 0.15) is 0 Å². The van der Waals surface area contributed by atoms with Crippen LogP contribution in [0.4, 0.5) is 0 Å². The molecule has 4 saturated carbocycles. The molecule has 11 atom stereocenters. The smallest absolute Gasteiger partial charge is 0.309 e. The van der Waals surface area contributed by atoms with E-state index in [2.05, 4.69) is 61.5 Å². The molecule has 34 heavy (non-hydrogen) atoms. The van der Waals surface area contributed by atoms with E-state index in [9.17, 15) is 15.0 Å². The number of hydrogen-bond acceptors (Lipinski definition) is 2. The van der Waals surface area contributed by atoms with Crippen molar-refractivity contribution >= 4 is 5.97 Å². The van der Waals surface area contributed by atoms with Gasteiger partial charge in [0.25, 0.3) is 0 Å². The lowest BCUT2D eigenvalue weighted by molar-refractivity contribution is -0.223. The molecule has 2 unspecified atom stereocenters. The summed E-state index contributed by atoms with van der Waals surface area (Å²) < 4.78 is 0. The summed E-state index contributed by atoms with van der Waals surface area (Å²) in [6.45, 7) is 19.4. The van der Waals surface area contributed by atoms with Crippen molar-refractivity contribution in [2.24, 2.45) is 62.6 Å². The zero-order chi connectivity index (χ0) is 25.1. The van der Waals surface area contributed by atoms with Gasteiger partial charge in [-0.25, -0.2) is 0 Å². The number of carbonyl (C=O) groups is 1. The molecule has 4 fully saturated rings. The van der Waals surface area contributed by atoms with Gasteiger partial charge in [-0.15, -0.1) is 0 Å². The summed E-state index contributed by atoms with van der Waals surface area (Å²) in [4.78, 5) is 12.3. The molecule has 5 rings (SSSR count). The van der Waals surface area contributed by atoms with E-state index in [0.717, 1.165) is 24.7 Å². The van der Waals surface area contributed by atoms with Crippen molar-refractivity contribution in [3.05, 3.63) is 11.6 Å². The van der Waals surface area contributed by atoms with E-state index in [-0.39, 0.29) is 21.7 Å². The molecule has 0 aromatic rings. The number of rotatable bonds is 1. The first-order valence-electron chi connectivity index (χ1n) is 14.2. The minimum Gasteiger partial charge on any atom is -0.481 e. The molecule has 5 aliphatic carbocycles. The Morgan fingerprint density at radius 1 is 0.941 bits per heavy atom. The van der Waals surface area contributed by atoms with E-state index in [1.165, 1.54) is 32.1 Å². The Morgan fingerprint density at radius 3 is 2.26 bits per heavy atom. The van der Waals surface area contributed by atoms with Gasteiger partial charge < -0.3 is 10.2 Å². The third kappa shape index (κ3) is 2.88. The van der Waals surface area contributed by atoms with Gasteiger partial charge in [-0.3, -0.25) is 4.79 Å². The Balaban J connectivity index is 1.61. The summed E-state index contributed by atoms with van der Waals surface area (Å²) >= 11 is 0. The molecule has 0 aliphatic heterocycles. The molecule has 0 amide bonds. The van der Waals surface area contributed by atoms with Gasteiger partial charge in [0.05, 0.1) is 12.0 Å².